The van der Waals surface area contributed by atoms with E-state index in [0.717, 1.165) is 33.3 Å². The lowest BCUT2D eigenvalue weighted by molar-refractivity contribution is 0.666. The first kappa shape index (κ1) is 32.3. The van der Waals surface area contributed by atoms with Crippen molar-refractivity contribution in [2.75, 3.05) is 0 Å². The Hall–Kier alpha value is -7.17. The van der Waals surface area contributed by atoms with E-state index in [1.807, 2.05) is 36.4 Å². The number of benzene rings is 8. The van der Waals surface area contributed by atoms with Crippen LogP contribution in [0, 0.1) is 0 Å². The monoisotopic (exact) mass is 716 g/mol. The molecular formula is C52H36N4. The van der Waals surface area contributed by atoms with Crippen LogP contribution in [-0.4, -0.2) is 19.5 Å². The lowest BCUT2D eigenvalue weighted by Gasteiger charge is -2.23. The van der Waals surface area contributed by atoms with Gasteiger partial charge in [0.25, 0.3) is 0 Å². The fraction of sp³-hybridized carbons (Fsp3) is 0.0577. The Morgan fingerprint density at radius 1 is 0.393 bits per heavy atom. The largest absolute Gasteiger partial charge is 0.309 e. The number of fused-ring (bicyclic) bond motifs is 9. The minimum absolute atomic E-state index is 0.133. The van der Waals surface area contributed by atoms with Gasteiger partial charge in [0.15, 0.2) is 17.5 Å². The van der Waals surface area contributed by atoms with Crippen molar-refractivity contribution in [2.24, 2.45) is 0 Å². The van der Waals surface area contributed by atoms with E-state index < -0.39 is 0 Å². The third-order valence-electron chi connectivity index (χ3n) is 11.6. The third kappa shape index (κ3) is 4.96. The van der Waals surface area contributed by atoms with Crippen molar-refractivity contribution in [3.8, 4) is 62.1 Å². The van der Waals surface area contributed by atoms with Gasteiger partial charge >= 0.3 is 0 Å². The molecular weight excluding hydrogens is 681 g/mol. The maximum atomic E-state index is 5.09. The zero-order valence-corrected chi connectivity index (χ0v) is 31.1. The molecule has 264 valence electrons. The second-order valence-corrected chi connectivity index (χ2v) is 15.2. The number of nitrogens with zero attached hydrogens (tertiary/aromatic N) is 4. The molecule has 1 aliphatic rings. The summed E-state index contributed by atoms with van der Waals surface area (Å²) < 4.78 is 2.45. The van der Waals surface area contributed by atoms with Crippen LogP contribution in [0.25, 0.3) is 94.7 Å². The van der Waals surface area contributed by atoms with Gasteiger partial charge in [0.1, 0.15) is 0 Å². The van der Waals surface area contributed by atoms with E-state index in [9.17, 15) is 0 Å². The van der Waals surface area contributed by atoms with Crippen molar-refractivity contribution in [1.82, 2.24) is 19.5 Å². The minimum atomic E-state index is -0.133. The molecule has 0 saturated heterocycles. The molecule has 0 N–H and O–H groups in total. The van der Waals surface area contributed by atoms with Gasteiger partial charge in [-0.1, -0.05) is 166 Å². The number of hydrogen-bond acceptors (Lipinski definition) is 3. The van der Waals surface area contributed by atoms with Crippen LogP contribution in [0.1, 0.15) is 25.0 Å². The second kappa shape index (κ2) is 12.4. The van der Waals surface area contributed by atoms with Gasteiger partial charge in [-0.25, -0.2) is 15.0 Å². The van der Waals surface area contributed by atoms with Gasteiger partial charge < -0.3 is 4.57 Å². The lowest BCUT2D eigenvalue weighted by atomic mass is 9.80. The summed E-state index contributed by atoms with van der Waals surface area (Å²) in [6.45, 7) is 4.74. The summed E-state index contributed by atoms with van der Waals surface area (Å²) in [5.74, 6) is 1.95. The highest BCUT2D eigenvalue weighted by molar-refractivity contribution is 6.20. The highest BCUT2D eigenvalue weighted by Gasteiger charge is 2.37. The van der Waals surface area contributed by atoms with Gasteiger partial charge in [-0.3, -0.25) is 0 Å². The van der Waals surface area contributed by atoms with Crippen molar-refractivity contribution in [2.45, 2.75) is 19.3 Å². The highest BCUT2D eigenvalue weighted by Crippen LogP contribution is 2.52. The average Bonchev–Trinajstić information content (AvgIpc) is 3.72. The van der Waals surface area contributed by atoms with Crippen LogP contribution in [-0.2, 0) is 5.41 Å². The fourth-order valence-electron chi connectivity index (χ4n) is 8.99. The summed E-state index contributed by atoms with van der Waals surface area (Å²) in [5.41, 5.74) is 14.0. The topological polar surface area (TPSA) is 43.6 Å². The molecule has 8 aromatic carbocycles. The molecule has 2 heterocycles. The first-order valence-electron chi connectivity index (χ1n) is 19.2. The Morgan fingerprint density at radius 2 is 0.893 bits per heavy atom. The van der Waals surface area contributed by atoms with Crippen LogP contribution in [0.15, 0.2) is 182 Å². The Labute approximate surface area is 325 Å². The first-order valence-corrected chi connectivity index (χ1v) is 19.2. The summed E-state index contributed by atoms with van der Waals surface area (Å²) in [4.78, 5) is 15.1. The van der Waals surface area contributed by atoms with E-state index in [-0.39, 0.29) is 5.41 Å². The second-order valence-electron chi connectivity index (χ2n) is 15.2. The molecule has 0 unspecified atom stereocenters. The summed E-state index contributed by atoms with van der Waals surface area (Å²) >= 11 is 0. The van der Waals surface area contributed by atoms with E-state index in [0.29, 0.717) is 17.5 Å². The smallest absolute Gasteiger partial charge is 0.164 e. The highest BCUT2D eigenvalue weighted by atomic mass is 15.0. The van der Waals surface area contributed by atoms with E-state index in [2.05, 4.69) is 164 Å². The molecule has 0 radical (unpaired) electrons. The van der Waals surface area contributed by atoms with Crippen molar-refractivity contribution in [3.05, 3.63) is 193 Å². The van der Waals surface area contributed by atoms with Gasteiger partial charge in [0.05, 0.1) is 11.0 Å². The van der Waals surface area contributed by atoms with Crippen LogP contribution in [0.4, 0.5) is 0 Å². The summed E-state index contributed by atoms with van der Waals surface area (Å²) in [6, 6.07) is 64.8. The standard InChI is InChI=1S/C52H36N4/c1-52(2)45-21-13-12-20-39(45)40-27-29-42-41(47(40)52)28-30-43-44-32-37(51-54-49(35-16-8-4-9-17-35)53-50(55-51)36-18-10-5-11-19-36)24-31-46(44)56(48(42)43)38-25-22-34(23-26-38)33-14-6-3-7-15-33/h3-32H,1-2H3. The van der Waals surface area contributed by atoms with Gasteiger partial charge in [-0.05, 0) is 69.1 Å². The molecule has 0 spiro atoms. The van der Waals surface area contributed by atoms with E-state index >= 15 is 0 Å². The third-order valence-corrected chi connectivity index (χ3v) is 11.6. The van der Waals surface area contributed by atoms with E-state index in [4.69, 9.17) is 15.0 Å². The summed E-state index contributed by atoms with van der Waals surface area (Å²) in [7, 11) is 0. The molecule has 11 rings (SSSR count). The molecule has 0 bridgehead atoms. The van der Waals surface area contributed by atoms with E-state index in [1.165, 1.54) is 55.1 Å². The van der Waals surface area contributed by atoms with Crippen LogP contribution in [0.5, 0.6) is 0 Å². The Morgan fingerprint density at radius 3 is 1.55 bits per heavy atom. The molecule has 56 heavy (non-hydrogen) atoms. The van der Waals surface area contributed by atoms with Crippen LogP contribution < -0.4 is 0 Å². The summed E-state index contributed by atoms with van der Waals surface area (Å²) in [6.07, 6.45) is 0. The molecule has 0 atom stereocenters. The Kier molecular flexibility index (Phi) is 7.17. The zero-order valence-electron chi connectivity index (χ0n) is 31.1. The van der Waals surface area contributed by atoms with E-state index in [1.54, 1.807) is 0 Å². The molecule has 4 nitrogen and oxygen atoms in total. The van der Waals surface area contributed by atoms with Gasteiger partial charge in [0.2, 0.25) is 0 Å². The van der Waals surface area contributed by atoms with Gasteiger partial charge in [-0.2, -0.15) is 0 Å². The molecule has 0 fully saturated rings. The van der Waals surface area contributed by atoms with Crippen molar-refractivity contribution >= 4 is 32.6 Å². The molecule has 0 aliphatic heterocycles. The maximum absolute atomic E-state index is 5.09. The predicted octanol–water partition coefficient (Wildman–Crippen LogP) is 13.1. The number of aromatic nitrogens is 4. The fourth-order valence-corrected chi connectivity index (χ4v) is 8.99. The molecule has 4 heteroatoms. The van der Waals surface area contributed by atoms with Crippen molar-refractivity contribution in [1.29, 1.82) is 0 Å². The normalized spacial score (nSPS) is 13.0. The average molecular weight is 717 g/mol. The first-order chi connectivity index (χ1) is 27.5. The molecule has 0 saturated carbocycles. The Bertz CT molecular complexity index is 3070. The quantitative estimate of drug-likeness (QED) is 0.178. The summed E-state index contributed by atoms with van der Waals surface area (Å²) in [5, 5.41) is 4.87. The lowest BCUT2D eigenvalue weighted by Crippen LogP contribution is -2.15. The van der Waals surface area contributed by atoms with Crippen molar-refractivity contribution < 1.29 is 0 Å². The SMILES string of the molecule is CC1(C)c2ccccc2-c2ccc3c(ccc4c5cc(-c6nc(-c7ccccc7)nc(-c7ccccc7)n6)ccc5n(-c5ccc(-c6ccccc6)cc5)c34)c21. The predicted molar refractivity (Wildman–Crippen MR) is 231 cm³/mol. The molecule has 1 aliphatic carbocycles. The number of rotatable bonds is 5. The maximum Gasteiger partial charge on any atom is 0.164 e. The van der Waals surface area contributed by atoms with Gasteiger partial charge in [0, 0.05) is 44.0 Å². The molecule has 0 amide bonds. The van der Waals surface area contributed by atoms with Crippen LogP contribution >= 0.6 is 0 Å². The van der Waals surface area contributed by atoms with Crippen LogP contribution in [0.2, 0.25) is 0 Å². The Balaban J connectivity index is 1.17. The van der Waals surface area contributed by atoms with Crippen molar-refractivity contribution in [3.63, 3.8) is 0 Å². The molecule has 2 aromatic heterocycles. The minimum Gasteiger partial charge on any atom is -0.309 e. The number of hydrogen-bond donors (Lipinski definition) is 0. The van der Waals surface area contributed by atoms with Gasteiger partial charge in [-0.15, -0.1) is 0 Å². The molecule has 10 aromatic rings. The zero-order chi connectivity index (χ0) is 37.4. The van der Waals surface area contributed by atoms with Crippen LogP contribution in [0.3, 0.4) is 0 Å².